The summed E-state index contributed by atoms with van der Waals surface area (Å²) in [7, 11) is 1.79. The maximum atomic E-state index is 14.9. The lowest BCUT2D eigenvalue weighted by atomic mass is 9.92. The van der Waals surface area contributed by atoms with E-state index in [1.807, 2.05) is 26.0 Å². The minimum absolute atomic E-state index is 0.0309. The summed E-state index contributed by atoms with van der Waals surface area (Å²) in [5.74, 6) is 0.0275. The monoisotopic (exact) mass is 526 g/mol. The van der Waals surface area contributed by atoms with Gasteiger partial charge < -0.3 is 25.0 Å². The number of halogens is 1. The molecule has 0 radical (unpaired) electrons. The van der Waals surface area contributed by atoms with E-state index in [2.05, 4.69) is 4.98 Å². The lowest BCUT2D eigenvalue weighted by Crippen LogP contribution is -2.43. The van der Waals surface area contributed by atoms with Crippen LogP contribution in [-0.4, -0.2) is 71.2 Å². The molecule has 2 N–H and O–H groups in total. The van der Waals surface area contributed by atoms with Crippen molar-refractivity contribution >= 4 is 12.0 Å². The van der Waals surface area contributed by atoms with Gasteiger partial charge >= 0.3 is 6.09 Å². The van der Waals surface area contributed by atoms with Crippen molar-refractivity contribution in [1.29, 1.82) is 0 Å². The second-order valence-corrected chi connectivity index (χ2v) is 10.6. The molecule has 1 unspecified atom stereocenters. The Kier molecular flexibility index (Phi) is 9.20. The molecule has 1 aliphatic carbocycles. The predicted molar refractivity (Wildman–Crippen MR) is 143 cm³/mol. The molecule has 0 bridgehead atoms. The Hall–Kier alpha value is -3.20. The molecular weight excluding hydrogens is 487 g/mol. The molecule has 9 heteroatoms. The van der Waals surface area contributed by atoms with Crippen LogP contribution >= 0.6 is 0 Å². The molecule has 1 atom stereocenters. The van der Waals surface area contributed by atoms with E-state index in [0.717, 1.165) is 57.2 Å². The maximum absolute atomic E-state index is 14.9. The second-order valence-electron chi connectivity index (χ2n) is 10.6. The minimum Gasteiger partial charge on any atom is -0.474 e. The highest BCUT2D eigenvalue weighted by atomic mass is 19.1. The summed E-state index contributed by atoms with van der Waals surface area (Å²) in [4.78, 5) is 32.5. The van der Waals surface area contributed by atoms with Gasteiger partial charge in [0.2, 0.25) is 11.8 Å². The van der Waals surface area contributed by atoms with Crippen molar-refractivity contribution in [3.05, 3.63) is 47.9 Å². The van der Waals surface area contributed by atoms with Crippen molar-refractivity contribution < 1.29 is 23.5 Å². The molecule has 2 heterocycles. The second kappa shape index (κ2) is 12.6. The van der Waals surface area contributed by atoms with Crippen LogP contribution in [0.4, 0.5) is 9.18 Å². The van der Waals surface area contributed by atoms with E-state index in [4.69, 9.17) is 15.2 Å². The summed E-state index contributed by atoms with van der Waals surface area (Å²) in [6.45, 7) is 5.15. The Labute approximate surface area is 224 Å². The molecule has 206 valence electrons. The van der Waals surface area contributed by atoms with Gasteiger partial charge in [0.15, 0.2) is 0 Å². The number of ether oxygens (including phenoxy) is 2. The molecule has 4 rings (SSSR count). The van der Waals surface area contributed by atoms with E-state index >= 15 is 0 Å². The van der Waals surface area contributed by atoms with Crippen LogP contribution < -0.4 is 10.5 Å². The van der Waals surface area contributed by atoms with Gasteiger partial charge in [-0.15, -0.1) is 0 Å². The van der Waals surface area contributed by atoms with E-state index < -0.39 is 6.04 Å². The first kappa shape index (κ1) is 27.8. The lowest BCUT2D eigenvalue weighted by Gasteiger charge is -2.34. The van der Waals surface area contributed by atoms with Crippen molar-refractivity contribution in [1.82, 2.24) is 14.8 Å². The van der Waals surface area contributed by atoms with E-state index in [-0.39, 0.29) is 42.5 Å². The van der Waals surface area contributed by atoms with Gasteiger partial charge in [-0.2, -0.15) is 0 Å². The minimum atomic E-state index is -0.740. The Bertz CT molecular complexity index is 1100. The van der Waals surface area contributed by atoms with Gasteiger partial charge in [-0.05, 0) is 82.1 Å². The van der Waals surface area contributed by atoms with E-state index in [1.54, 1.807) is 35.2 Å². The topological polar surface area (TPSA) is 98.0 Å². The van der Waals surface area contributed by atoms with Crippen LogP contribution in [0.15, 0.2) is 36.5 Å². The number of benzene rings is 1. The summed E-state index contributed by atoms with van der Waals surface area (Å²) >= 11 is 0. The summed E-state index contributed by atoms with van der Waals surface area (Å²) in [6, 6.07) is 8.04. The lowest BCUT2D eigenvalue weighted by molar-refractivity contribution is -0.131. The number of likely N-dealkylation sites (tertiary alicyclic amines) is 1. The van der Waals surface area contributed by atoms with Crippen molar-refractivity contribution in [3.63, 3.8) is 0 Å². The highest BCUT2D eigenvalue weighted by molar-refractivity contribution is 5.82. The van der Waals surface area contributed by atoms with Crippen molar-refractivity contribution in [2.24, 2.45) is 5.73 Å². The molecule has 38 heavy (non-hydrogen) atoms. The molecule has 2 aromatic rings. The number of amides is 2. The molecule has 1 saturated heterocycles. The Morgan fingerprint density at radius 2 is 1.79 bits per heavy atom. The predicted octanol–water partition coefficient (Wildman–Crippen LogP) is 4.55. The number of nitrogens with zero attached hydrogens (tertiary/aromatic N) is 3. The number of hydrogen-bond acceptors (Lipinski definition) is 6. The molecule has 1 saturated carbocycles. The zero-order valence-electron chi connectivity index (χ0n) is 22.6. The van der Waals surface area contributed by atoms with Crippen LogP contribution in [0.25, 0.3) is 11.1 Å². The maximum Gasteiger partial charge on any atom is 0.410 e. The molecule has 8 nitrogen and oxygen atoms in total. The van der Waals surface area contributed by atoms with Gasteiger partial charge in [0.05, 0.1) is 12.1 Å². The first-order valence-electron chi connectivity index (χ1n) is 13.6. The highest BCUT2D eigenvalue weighted by Crippen LogP contribution is 2.28. The van der Waals surface area contributed by atoms with Gasteiger partial charge in [0.25, 0.3) is 0 Å². The summed E-state index contributed by atoms with van der Waals surface area (Å²) < 4.78 is 26.2. The number of aromatic nitrogens is 1. The van der Waals surface area contributed by atoms with Gasteiger partial charge in [0, 0.05) is 44.0 Å². The van der Waals surface area contributed by atoms with Gasteiger partial charge in [-0.25, -0.2) is 14.2 Å². The van der Waals surface area contributed by atoms with Crippen LogP contribution in [0, 0.1) is 5.82 Å². The third-order valence-electron chi connectivity index (χ3n) is 7.40. The van der Waals surface area contributed by atoms with Crippen LogP contribution in [0.1, 0.15) is 57.9 Å². The number of carbonyl (C=O) groups is 2. The SMILES string of the molecule is CC(C)OC(=O)N(C)[C@H]1CC[C@H](Oc2ccc(-c3ccc(CC(N)C(=O)N4CCCC4)c(F)c3)cn2)CC1. The van der Waals surface area contributed by atoms with Crippen LogP contribution in [-0.2, 0) is 16.0 Å². The van der Waals surface area contributed by atoms with Gasteiger partial charge in [-0.1, -0.05) is 12.1 Å². The number of pyridine rings is 1. The van der Waals surface area contributed by atoms with Crippen molar-refractivity contribution in [2.75, 3.05) is 20.1 Å². The van der Waals surface area contributed by atoms with Crippen LogP contribution in [0.2, 0.25) is 0 Å². The largest absolute Gasteiger partial charge is 0.474 e. The number of hydrogen-bond donors (Lipinski definition) is 1. The van der Waals surface area contributed by atoms with E-state index in [1.165, 1.54) is 6.07 Å². The van der Waals surface area contributed by atoms with E-state index in [9.17, 15) is 14.0 Å². The summed E-state index contributed by atoms with van der Waals surface area (Å²) in [5, 5.41) is 0. The van der Waals surface area contributed by atoms with Crippen molar-refractivity contribution in [2.45, 2.75) is 83.1 Å². The number of nitrogens with two attached hydrogens (primary N) is 1. The molecular formula is C29H39FN4O4. The fourth-order valence-corrected chi connectivity index (χ4v) is 5.16. The quantitative estimate of drug-likeness (QED) is 0.542. The molecule has 1 aromatic carbocycles. The fourth-order valence-electron chi connectivity index (χ4n) is 5.16. The highest BCUT2D eigenvalue weighted by Gasteiger charge is 2.29. The molecule has 1 aliphatic heterocycles. The Morgan fingerprint density at radius 1 is 1.11 bits per heavy atom. The van der Waals surface area contributed by atoms with E-state index in [0.29, 0.717) is 17.0 Å². The van der Waals surface area contributed by atoms with Crippen LogP contribution in [0.5, 0.6) is 5.88 Å². The first-order valence-corrected chi connectivity index (χ1v) is 13.6. The third kappa shape index (κ3) is 7.01. The zero-order valence-corrected chi connectivity index (χ0v) is 22.6. The molecule has 2 aliphatic rings. The standard InChI is InChI=1S/C29H39FN4O4/c1-19(2)37-29(36)33(3)23-9-11-24(12-10-23)38-27-13-8-22(18-32-27)20-6-7-21(25(30)16-20)17-26(31)28(35)34-14-4-5-15-34/h6-8,13,16,18-19,23-24,26H,4-5,9-12,14-15,17,31H2,1-3H3/t23-,24-,26?. The normalized spacial score (nSPS) is 20.3. The first-order chi connectivity index (χ1) is 18.2. The molecule has 0 spiro atoms. The summed E-state index contributed by atoms with van der Waals surface area (Å²) in [5.41, 5.74) is 7.99. The molecule has 2 fully saturated rings. The zero-order chi connectivity index (χ0) is 27.2. The Morgan fingerprint density at radius 3 is 2.39 bits per heavy atom. The number of rotatable bonds is 8. The van der Waals surface area contributed by atoms with Crippen LogP contribution in [0.3, 0.4) is 0 Å². The van der Waals surface area contributed by atoms with Gasteiger partial charge in [-0.3, -0.25) is 4.79 Å². The molecule has 2 amide bonds. The van der Waals surface area contributed by atoms with Gasteiger partial charge in [0.1, 0.15) is 11.9 Å². The number of carbonyl (C=O) groups excluding carboxylic acids is 2. The summed E-state index contributed by atoms with van der Waals surface area (Å²) in [6.07, 6.45) is 6.76. The third-order valence-corrected chi connectivity index (χ3v) is 7.40. The smallest absolute Gasteiger partial charge is 0.410 e. The molecule has 1 aromatic heterocycles. The average molecular weight is 527 g/mol. The Balaban J connectivity index is 1.29. The average Bonchev–Trinajstić information content (AvgIpc) is 3.44. The fraction of sp³-hybridized carbons (Fsp3) is 0.552. The van der Waals surface area contributed by atoms with Crippen molar-refractivity contribution in [3.8, 4) is 17.0 Å².